The van der Waals surface area contributed by atoms with E-state index in [1.165, 1.54) is 0 Å². The molecule has 1 unspecified atom stereocenters. The Labute approximate surface area is 85.4 Å². The molecule has 1 atom stereocenters. The van der Waals surface area contributed by atoms with Crippen LogP contribution in [0.3, 0.4) is 0 Å². The number of carbonyl (C=O) groups excluding carboxylic acids is 1. The summed E-state index contributed by atoms with van der Waals surface area (Å²) in [4.78, 5) is 13.4. The van der Waals surface area contributed by atoms with Gasteiger partial charge in [0.2, 0.25) is 5.91 Å². The average Bonchev–Trinajstić information content (AvgIpc) is 2.66. The highest BCUT2D eigenvalue weighted by Gasteiger charge is 2.20. The summed E-state index contributed by atoms with van der Waals surface area (Å²) in [7, 11) is 0. The Morgan fingerprint density at radius 1 is 1.64 bits per heavy atom. The number of nitrogens with two attached hydrogens (primary N) is 1. The standard InChI is InChI=1S/C10H20N2O2/c1-2-12(10(13)5-6-11)8-9-4-3-7-14-9/h9H,2-8,11H2,1H3. The van der Waals surface area contributed by atoms with E-state index in [2.05, 4.69) is 0 Å². The molecule has 0 aromatic carbocycles. The monoisotopic (exact) mass is 200 g/mol. The minimum atomic E-state index is 0.144. The highest BCUT2D eigenvalue weighted by Crippen LogP contribution is 2.13. The second-order valence-electron chi connectivity index (χ2n) is 3.61. The van der Waals surface area contributed by atoms with Crippen molar-refractivity contribution in [1.29, 1.82) is 0 Å². The Morgan fingerprint density at radius 3 is 2.93 bits per heavy atom. The fourth-order valence-corrected chi connectivity index (χ4v) is 1.72. The van der Waals surface area contributed by atoms with Crippen LogP contribution in [-0.2, 0) is 9.53 Å². The van der Waals surface area contributed by atoms with Crippen molar-refractivity contribution in [2.24, 2.45) is 5.73 Å². The van der Waals surface area contributed by atoms with E-state index < -0.39 is 0 Å². The zero-order chi connectivity index (χ0) is 10.4. The predicted molar refractivity (Wildman–Crippen MR) is 54.9 cm³/mol. The zero-order valence-corrected chi connectivity index (χ0v) is 8.87. The molecular formula is C10H20N2O2. The van der Waals surface area contributed by atoms with E-state index in [0.717, 1.165) is 32.5 Å². The van der Waals surface area contributed by atoms with Crippen LogP contribution in [0.25, 0.3) is 0 Å². The molecule has 82 valence electrons. The van der Waals surface area contributed by atoms with Crippen LogP contribution in [0.2, 0.25) is 0 Å². The van der Waals surface area contributed by atoms with Crippen LogP contribution in [-0.4, -0.2) is 43.2 Å². The predicted octanol–water partition coefficient (Wildman–Crippen LogP) is 0.363. The highest BCUT2D eigenvalue weighted by molar-refractivity contribution is 5.76. The van der Waals surface area contributed by atoms with Crippen LogP contribution < -0.4 is 5.73 Å². The lowest BCUT2D eigenvalue weighted by Crippen LogP contribution is -2.37. The number of rotatable bonds is 5. The van der Waals surface area contributed by atoms with Crippen molar-refractivity contribution in [1.82, 2.24) is 4.90 Å². The lowest BCUT2D eigenvalue weighted by Gasteiger charge is -2.23. The molecule has 1 aliphatic rings. The average molecular weight is 200 g/mol. The first-order valence-electron chi connectivity index (χ1n) is 5.37. The Kier molecular flexibility index (Phi) is 4.90. The van der Waals surface area contributed by atoms with Crippen molar-refractivity contribution in [3.63, 3.8) is 0 Å². The van der Waals surface area contributed by atoms with Gasteiger partial charge in [-0.05, 0) is 19.8 Å². The van der Waals surface area contributed by atoms with E-state index in [1.54, 1.807) is 0 Å². The number of likely N-dealkylation sites (N-methyl/N-ethyl adjacent to an activating group) is 1. The molecule has 0 radical (unpaired) electrons. The first-order chi connectivity index (χ1) is 6.77. The normalized spacial score (nSPS) is 21.1. The Hall–Kier alpha value is -0.610. The minimum Gasteiger partial charge on any atom is -0.376 e. The van der Waals surface area contributed by atoms with E-state index in [4.69, 9.17) is 10.5 Å². The molecule has 0 bridgehead atoms. The summed E-state index contributed by atoms with van der Waals surface area (Å²) in [6.45, 7) is 4.74. The van der Waals surface area contributed by atoms with Crippen LogP contribution >= 0.6 is 0 Å². The maximum Gasteiger partial charge on any atom is 0.223 e. The molecule has 0 saturated carbocycles. The summed E-state index contributed by atoms with van der Waals surface area (Å²) < 4.78 is 5.49. The SMILES string of the molecule is CCN(CC1CCCO1)C(=O)CCN. The van der Waals surface area contributed by atoms with Gasteiger partial charge in [-0.25, -0.2) is 0 Å². The number of hydrogen-bond donors (Lipinski definition) is 1. The summed E-state index contributed by atoms with van der Waals surface area (Å²) in [5.41, 5.74) is 5.35. The van der Waals surface area contributed by atoms with Crippen molar-refractivity contribution in [2.75, 3.05) is 26.2 Å². The van der Waals surface area contributed by atoms with Crippen molar-refractivity contribution < 1.29 is 9.53 Å². The molecule has 0 aromatic heterocycles. The van der Waals surface area contributed by atoms with Gasteiger partial charge in [0.05, 0.1) is 6.10 Å². The molecule has 0 spiro atoms. The molecule has 14 heavy (non-hydrogen) atoms. The number of ether oxygens (including phenoxy) is 1. The van der Waals surface area contributed by atoms with Gasteiger partial charge in [-0.15, -0.1) is 0 Å². The van der Waals surface area contributed by atoms with Gasteiger partial charge in [-0.2, -0.15) is 0 Å². The summed E-state index contributed by atoms with van der Waals surface area (Å²) >= 11 is 0. The fraction of sp³-hybridized carbons (Fsp3) is 0.900. The Bertz CT molecular complexity index is 179. The van der Waals surface area contributed by atoms with Gasteiger partial charge in [0.15, 0.2) is 0 Å². The van der Waals surface area contributed by atoms with E-state index >= 15 is 0 Å². The van der Waals surface area contributed by atoms with Gasteiger partial charge in [0, 0.05) is 32.7 Å². The Balaban J connectivity index is 2.33. The second kappa shape index (κ2) is 5.98. The van der Waals surface area contributed by atoms with E-state index in [9.17, 15) is 4.79 Å². The summed E-state index contributed by atoms with van der Waals surface area (Å²) in [5, 5.41) is 0. The smallest absolute Gasteiger partial charge is 0.223 e. The van der Waals surface area contributed by atoms with Crippen molar-refractivity contribution in [3.05, 3.63) is 0 Å². The maximum atomic E-state index is 11.6. The lowest BCUT2D eigenvalue weighted by molar-refractivity contribution is -0.132. The molecule has 0 aromatic rings. The first-order valence-corrected chi connectivity index (χ1v) is 5.37. The van der Waals surface area contributed by atoms with Gasteiger partial charge >= 0.3 is 0 Å². The molecule has 1 rings (SSSR count). The molecule has 4 heteroatoms. The van der Waals surface area contributed by atoms with Gasteiger partial charge in [0.25, 0.3) is 0 Å². The third-order valence-electron chi connectivity index (χ3n) is 2.54. The van der Waals surface area contributed by atoms with Crippen LogP contribution in [0.4, 0.5) is 0 Å². The van der Waals surface area contributed by atoms with Gasteiger partial charge in [0.1, 0.15) is 0 Å². The van der Waals surface area contributed by atoms with E-state index in [1.807, 2.05) is 11.8 Å². The molecule has 0 aliphatic carbocycles. The van der Waals surface area contributed by atoms with Gasteiger partial charge in [-0.1, -0.05) is 0 Å². The van der Waals surface area contributed by atoms with Gasteiger partial charge in [-0.3, -0.25) is 4.79 Å². The van der Waals surface area contributed by atoms with Crippen LogP contribution in [0.5, 0.6) is 0 Å². The molecule has 1 saturated heterocycles. The van der Waals surface area contributed by atoms with E-state index in [0.29, 0.717) is 13.0 Å². The third kappa shape index (κ3) is 3.27. The van der Waals surface area contributed by atoms with Crippen molar-refractivity contribution in [2.45, 2.75) is 32.3 Å². The number of carbonyl (C=O) groups is 1. The molecule has 1 fully saturated rings. The Morgan fingerprint density at radius 2 is 2.43 bits per heavy atom. The first kappa shape index (κ1) is 11.5. The largest absolute Gasteiger partial charge is 0.376 e. The fourth-order valence-electron chi connectivity index (χ4n) is 1.72. The molecule has 1 aliphatic heterocycles. The summed E-state index contributed by atoms with van der Waals surface area (Å²) in [5.74, 6) is 0.144. The number of amides is 1. The molecule has 2 N–H and O–H groups in total. The number of nitrogens with zero attached hydrogens (tertiary/aromatic N) is 1. The zero-order valence-electron chi connectivity index (χ0n) is 8.87. The van der Waals surface area contributed by atoms with E-state index in [-0.39, 0.29) is 12.0 Å². The second-order valence-corrected chi connectivity index (χ2v) is 3.61. The van der Waals surface area contributed by atoms with Crippen LogP contribution in [0, 0.1) is 0 Å². The molecular weight excluding hydrogens is 180 g/mol. The molecule has 1 amide bonds. The summed E-state index contributed by atoms with van der Waals surface area (Å²) in [6.07, 6.45) is 2.89. The van der Waals surface area contributed by atoms with Crippen molar-refractivity contribution in [3.8, 4) is 0 Å². The molecule has 1 heterocycles. The maximum absolute atomic E-state index is 11.6. The minimum absolute atomic E-state index is 0.144. The molecule has 4 nitrogen and oxygen atoms in total. The summed E-state index contributed by atoms with van der Waals surface area (Å²) in [6, 6.07) is 0. The third-order valence-corrected chi connectivity index (χ3v) is 2.54. The topological polar surface area (TPSA) is 55.6 Å². The highest BCUT2D eigenvalue weighted by atomic mass is 16.5. The lowest BCUT2D eigenvalue weighted by atomic mass is 10.2. The number of hydrogen-bond acceptors (Lipinski definition) is 3. The van der Waals surface area contributed by atoms with Crippen molar-refractivity contribution >= 4 is 5.91 Å². The van der Waals surface area contributed by atoms with Gasteiger partial charge < -0.3 is 15.4 Å². The quantitative estimate of drug-likeness (QED) is 0.697. The van der Waals surface area contributed by atoms with Crippen LogP contribution in [0.1, 0.15) is 26.2 Å². The van der Waals surface area contributed by atoms with Crippen LogP contribution in [0.15, 0.2) is 0 Å².